The summed E-state index contributed by atoms with van der Waals surface area (Å²) >= 11 is 5.39. The van der Waals surface area contributed by atoms with E-state index in [4.69, 9.17) is 9.84 Å². The molecule has 0 amide bonds. The predicted octanol–water partition coefficient (Wildman–Crippen LogP) is 7.17. The second kappa shape index (κ2) is 12.6. The Morgan fingerprint density at radius 1 is 1.06 bits per heavy atom. The van der Waals surface area contributed by atoms with E-state index in [0.29, 0.717) is 17.4 Å². The van der Waals surface area contributed by atoms with Crippen molar-refractivity contribution in [1.29, 1.82) is 0 Å². The Balaban J connectivity index is 1.51. The molecule has 1 aliphatic carbocycles. The summed E-state index contributed by atoms with van der Waals surface area (Å²) in [6.07, 6.45) is 11.2. The molecule has 1 N–H and O–H groups in total. The smallest absolute Gasteiger partial charge is 0.348 e. The van der Waals surface area contributed by atoms with E-state index in [1.807, 2.05) is 6.07 Å². The average molecular weight is 506 g/mol. The Morgan fingerprint density at radius 2 is 1.84 bits per heavy atom. The van der Waals surface area contributed by atoms with Gasteiger partial charge in [-0.05, 0) is 90.6 Å². The first kappa shape index (κ1) is 24.2. The van der Waals surface area contributed by atoms with Gasteiger partial charge in [0.15, 0.2) is 0 Å². The van der Waals surface area contributed by atoms with Crippen molar-refractivity contribution in [1.82, 2.24) is 0 Å². The molecule has 168 valence electrons. The second-order valence-corrected chi connectivity index (χ2v) is 10.4. The summed E-state index contributed by atoms with van der Waals surface area (Å²) in [4.78, 5) is 13.6. The van der Waals surface area contributed by atoms with Gasteiger partial charge in [-0.25, -0.2) is 4.79 Å². The number of unbranched alkanes of at least 4 members (excludes halogenated alkanes) is 3. The minimum atomic E-state index is -0.241. The summed E-state index contributed by atoms with van der Waals surface area (Å²) in [6, 6.07) is 13.1. The van der Waals surface area contributed by atoms with Gasteiger partial charge in [-0.1, -0.05) is 53.0 Å². The Labute approximate surface area is 198 Å². The van der Waals surface area contributed by atoms with Gasteiger partial charge in [0.2, 0.25) is 0 Å². The highest BCUT2D eigenvalue weighted by Gasteiger charge is 2.25. The molecule has 1 aromatic carbocycles. The molecular weight excluding hydrogens is 472 g/mol. The molecular formula is C26H33BrO3S. The second-order valence-electron chi connectivity index (χ2n) is 8.29. The first-order valence-electron chi connectivity index (χ1n) is 11.4. The number of thiophene rings is 1. The normalized spacial score (nSPS) is 16.2. The monoisotopic (exact) mass is 504 g/mol. The summed E-state index contributed by atoms with van der Waals surface area (Å²) in [5.74, 6) is 0.355. The van der Waals surface area contributed by atoms with Crippen molar-refractivity contribution in [3.05, 3.63) is 61.8 Å². The number of ether oxygens (including phenoxy) is 1. The molecule has 0 saturated carbocycles. The third-order valence-electron chi connectivity index (χ3n) is 6.08. The van der Waals surface area contributed by atoms with E-state index >= 15 is 0 Å². The van der Waals surface area contributed by atoms with Crippen molar-refractivity contribution in [3.8, 4) is 0 Å². The fourth-order valence-electron chi connectivity index (χ4n) is 4.37. The number of hydrogen-bond acceptors (Lipinski definition) is 4. The highest BCUT2D eigenvalue weighted by atomic mass is 79.9. The molecule has 0 unspecified atom stereocenters. The van der Waals surface area contributed by atoms with E-state index in [1.54, 1.807) is 11.3 Å². The van der Waals surface area contributed by atoms with Crippen LogP contribution >= 0.6 is 27.3 Å². The molecule has 0 bridgehead atoms. The summed E-state index contributed by atoms with van der Waals surface area (Å²) in [7, 11) is 1.43. The number of aryl methyl sites for hydroxylation is 2. The lowest BCUT2D eigenvalue weighted by Crippen LogP contribution is -2.00. The molecule has 1 aliphatic rings. The number of esters is 1. The Morgan fingerprint density at radius 3 is 2.58 bits per heavy atom. The zero-order chi connectivity index (χ0) is 22.1. The minimum absolute atomic E-state index is 0.241. The Kier molecular flexibility index (Phi) is 9.82. The molecule has 0 saturated heterocycles. The highest BCUT2D eigenvalue weighted by Crippen LogP contribution is 2.44. The molecule has 1 heterocycles. The van der Waals surface area contributed by atoms with Gasteiger partial charge < -0.3 is 9.84 Å². The zero-order valence-corrected chi connectivity index (χ0v) is 20.8. The largest absolute Gasteiger partial charge is 0.465 e. The van der Waals surface area contributed by atoms with Crippen LogP contribution in [0.2, 0.25) is 0 Å². The number of methoxy groups -OCH3 is 1. The van der Waals surface area contributed by atoms with Gasteiger partial charge in [0.1, 0.15) is 4.88 Å². The van der Waals surface area contributed by atoms with E-state index in [-0.39, 0.29) is 5.97 Å². The maximum Gasteiger partial charge on any atom is 0.348 e. The van der Waals surface area contributed by atoms with Crippen LogP contribution in [0.15, 0.2) is 40.9 Å². The van der Waals surface area contributed by atoms with Crippen LogP contribution in [0.1, 0.15) is 77.0 Å². The van der Waals surface area contributed by atoms with Crippen molar-refractivity contribution < 1.29 is 14.6 Å². The van der Waals surface area contributed by atoms with Gasteiger partial charge in [0.05, 0.1) is 7.11 Å². The number of halogens is 1. The standard InChI is InChI=1S/C26H33BrO3S/c1-30-26(29)24-17-15-22(31-24)9-6-8-20-14-16-23(27)25(20)21-12-10-19(11-13-21)7-4-2-3-5-18-28/h10-13,15,17,20,28H,2-9,14,16,18H2,1H3/t20-/m0/s1. The van der Waals surface area contributed by atoms with E-state index in [9.17, 15) is 4.79 Å². The van der Waals surface area contributed by atoms with Gasteiger partial charge >= 0.3 is 5.97 Å². The molecule has 2 aromatic rings. The van der Waals surface area contributed by atoms with Crippen LogP contribution in [0.5, 0.6) is 0 Å². The number of rotatable bonds is 12. The first-order valence-corrected chi connectivity index (χ1v) is 13.0. The van der Waals surface area contributed by atoms with Gasteiger partial charge in [-0.3, -0.25) is 0 Å². The maximum atomic E-state index is 11.6. The van der Waals surface area contributed by atoms with Crippen LogP contribution in [-0.4, -0.2) is 24.8 Å². The van der Waals surface area contributed by atoms with Gasteiger partial charge in [-0.2, -0.15) is 0 Å². The van der Waals surface area contributed by atoms with E-state index in [0.717, 1.165) is 38.5 Å². The molecule has 0 fully saturated rings. The van der Waals surface area contributed by atoms with Crippen molar-refractivity contribution >= 4 is 38.8 Å². The van der Waals surface area contributed by atoms with Gasteiger partial charge in [0.25, 0.3) is 0 Å². The third-order valence-corrected chi connectivity index (χ3v) is 8.02. The van der Waals surface area contributed by atoms with Crippen molar-refractivity contribution in [2.24, 2.45) is 5.92 Å². The minimum Gasteiger partial charge on any atom is -0.465 e. The molecule has 0 radical (unpaired) electrons. The van der Waals surface area contributed by atoms with E-state index in [2.05, 4.69) is 46.3 Å². The van der Waals surface area contributed by atoms with Crippen LogP contribution in [0.3, 0.4) is 0 Å². The molecule has 0 aliphatic heterocycles. The fourth-order valence-corrected chi connectivity index (χ4v) is 6.12. The summed E-state index contributed by atoms with van der Waals surface area (Å²) < 4.78 is 6.17. The van der Waals surface area contributed by atoms with Crippen LogP contribution < -0.4 is 0 Å². The summed E-state index contributed by atoms with van der Waals surface area (Å²) in [5.41, 5.74) is 4.23. The SMILES string of the molecule is COC(=O)c1ccc(CCC[C@H]2CCC(Br)=C2c2ccc(CCCCCCO)cc2)s1. The van der Waals surface area contributed by atoms with Gasteiger partial charge in [0, 0.05) is 11.5 Å². The number of benzene rings is 1. The molecule has 1 aromatic heterocycles. The Hall–Kier alpha value is -1.43. The number of aliphatic hydroxyl groups excluding tert-OH is 1. The molecule has 0 spiro atoms. The molecule has 5 heteroatoms. The van der Waals surface area contributed by atoms with Crippen LogP contribution in [0.25, 0.3) is 5.57 Å². The van der Waals surface area contributed by atoms with Crippen LogP contribution in [-0.2, 0) is 17.6 Å². The van der Waals surface area contributed by atoms with Crippen LogP contribution in [0, 0.1) is 5.92 Å². The van der Waals surface area contributed by atoms with Crippen molar-refractivity contribution in [2.75, 3.05) is 13.7 Å². The molecule has 1 atom stereocenters. The van der Waals surface area contributed by atoms with E-state index in [1.165, 1.54) is 58.9 Å². The summed E-state index contributed by atoms with van der Waals surface area (Å²) in [5, 5.41) is 8.88. The Bertz CT molecular complexity index is 869. The van der Waals surface area contributed by atoms with Crippen LogP contribution in [0.4, 0.5) is 0 Å². The number of carbonyl (C=O) groups excluding carboxylic acids is 1. The molecule has 3 rings (SSSR count). The lowest BCUT2D eigenvalue weighted by molar-refractivity contribution is 0.0606. The van der Waals surface area contributed by atoms with E-state index < -0.39 is 0 Å². The van der Waals surface area contributed by atoms with Crippen molar-refractivity contribution in [3.63, 3.8) is 0 Å². The quantitative estimate of drug-likeness (QED) is 0.246. The lowest BCUT2D eigenvalue weighted by atomic mass is 9.90. The number of carbonyl (C=O) groups is 1. The lowest BCUT2D eigenvalue weighted by Gasteiger charge is -2.16. The predicted molar refractivity (Wildman–Crippen MR) is 133 cm³/mol. The van der Waals surface area contributed by atoms with Crippen molar-refractivity contribution in [2.45, 2.75) is 64.2 Å². The number of aliphatic hydroxyl groups is 1. The number of hydrogen-bond donors (Lipinski definition) is 1. The maximum absolute atomic E-state index is 11.6. The summed E-state index contributed by atoms with van der Waals surface area (Å²) in [6.45, 7) is 0.307. The average Bonchev–Trinajstić information content (AvgIpc) is 3.40. The first-order chi connectivity index (χ1) is 15.1. The number of allylic oxidation sites excluding steroid dienone is 2. The molecule has 3 nitrogen and oxygen atoms in total. The zero-order valence-electron chi connectivity index (χ0n) is 18.4. The fraction of sp³-hybridized carbons (Fsp3) is 0.500. The molecule has 31 heavy (non-hydrogen) atoms. The van der Waals surface area contributed by atoms with Gasteiger partial charge in [-0.15, -0.1) is 11.3 Å². The topological polar surface area (TPSA) is 46.5 Å². The highest BCUT2D eigenvalue weighted by molar-refractivity contribution is 9.11. The third kappa shape index (κ3) is 7.03.